The second kappa shape index (κ2) is 6.39. The monoisotopic (exact) mass is 299 g/mol. The van der Waals surface area contributed by atoms with Gasteiger partial charge < -0.3 is 5.32 Å². The number of nitrogens with one attached hydrogen (secondary N) is 1. The molecule has 0 atom stereocenters. The summed E-state index contributed by atoms with van der Waals surface area (Å²) in [6.45, 7) is 5.12. The minimum Gasteiger partial charge on any atom is -0.313 e. The average Bonchev–Trinajstić information content (AvgIpc) is 2.46. The van der Waals surface area contributed by atoms with E-state index in [1.54, 1.807) is 0 Å². The molecule has 21 heavy (non-hydrogen) atoms. The van der Waals surface area contributed by atoms with E-state index in [2.05, 4.69) is 31.3 Å². The predicted molar refractivity (Wildman–Crippen MR) is 79.3 cm³/mol. The molecule has 1 aliphatic rings. The van der Waals surface area contributed by atoms with E-state index >= 15 is 0 Å². The molecule has 0 heterocycles. The van der Waals surface area contributed by atoms with Crippen molar-refractivity contribution in [1.29, 1.82) is 0 Å². The van der Waals surface area contributed by atoms with Crippen LogP contribution in [0.15, 0.2) is 30.3 Å². The molecule has 0 radical (unpaired) electrons. The third-order valence-electron chi connectivity index (χ3n) is 4.58. The summed E-state index contributed by atoms with van der Waals surface area (Å²) in [5.41, 5.74) is 1.24. The number of rotatable bonds is 4. The zero-order valence-electron chi connectivity index (χ0n) is 12.7. The standard InChI is InChI=1S/C17H24F3N/c1-16(2,13-6-4-3-5-7-13)12-21-15-10-8-14(9-11-15)17(18,19)20/h3-7,14-15,21H,8-12H2,1-2H3. The van der Waals surface area contributed by atoms with Crippen molar-refractivity contribution in [2.45, 2.75) is 57.2 Å². The van der Waals surface area contributed by atoms with Gasteiger partial charge in [-0.25, -0.2) is 0 Å². The van der Waals surface area contributed by atoms with Crippen LogP contribution in [0.5, 0.6) is 0 Å². The summed E-state index contributed by atoms with van der Waals surface area (Å²) >= 11 is 0. The lowest BCUT2D eigenvalue weighted by Crippen LogP contribution is -2.42. The summed E-state index contributed by atoms with van der Waals surface area (Å²) in [5.74, 6) is -1.10. The molecule has 0 saturated heterocycles. The van der Waals surface area contributed by atoms with Crippen LogP contribution in [0.2, 0.25) is 0 Å². The lowest BCUT2D eigenvalue weighted by atomic mass is 9.82. The Hall–Kier alpha value is -1.03. The smallest absolute Gasteiger partial charge is 0.313 e. The van der Waals surface area contributed by atoms with Gasteiger partial charge in [0.2, 0.25) is 0 Å². The lowest BCUT2D eigenvalue weighted by molar-refractivity contribution is -0.182. The molecular formula is C17H24F3N. The predicted octanol–water partition coefficient (Wildman–Crippen LogP) is 4.67. The summed E-state index contributed by atoms with van der Waals surface area (Å²) in [6, 6.07) is 10.4. The fourth-order valence-corrected chi connectivity index (χ4v) is 3.02. The van der Waals surface area contributed by atoms with E-state index in [4.69, 9.17) is 0 Å². The molecule has 0 spiro atoms. The average molecular weight is 299 g/mol. The molecule has 1 aromatic rings. The second-order valence-corrected chi connectivity index (χ2v) is 6.72. The van der Waals surface area contributed by atoms with Crippen LogP contribution >= 0.6 is 0 Å². The van der Waals surface area contributed by atoms with Gasteiger partial charge in [0, 0.05) is 18.0 Å². The van der Waals surface area contributed by atoms with Crippen molar-refractivity contribution in [3.8, 4) is 0 Å². The van der Waals surface area contributed by atoms with Crippen molar-refractivity contribution < 1.29 is 13.2 Å². The minimum atomic E-state index is -4.02. The molecule has 0 amide bonds. The second-order valence-electron chi connectivity index (χ2n) is 6.72. The first-order valence-corrected chi connectivity index (χ1v) is 7.65. The highest BCUT2D eigenvalue weighted by Crippen LogP contribution is 2.37. The third-order valence-corrected chi connectivity index (χ3v) is 4.58. The van der Waals surface area contributed by atoms with E-state index in [9.17, 15) is 13.2 Å². The van der Waals surface area contributed by atoms with Gasteiger partial charge in [-0.2, -0.15) is 13.2 Å². The van der Waals surface area contributed by atoms with Crippen LogP contribution in [-0.2, 0) is 5.41 Å². The number of hydrogen-bond acceptors (Lipinski definition) is 1. The highest BCUT2D eigenvalue weighted by atomic mass is 19.4. The summed E-state index contributed by atoms with van der Waals surface area (Å²) in [5, 5.41) is 3.46. The highest BCUT2D eigenvalue weighted by Gasteiger charge is 2.41. The van der Waals surface area contributed by atoms with Gasteiger partial charge in [-0.1, -0.05) is 44.2 Å². The maximum absolute atomic E-state index is 12.6. The van der Waals surface area contributed by atoms with E-state index in [1.165, 1.54) is 5.56 Å². The molecule has 1 fully saturated rings. The molecule has 1 nitrogen and oxygen atoms in total. The fraction of sp³-hybridized carbons (Fsp3) is 0.647. The van der Waals surface area contributed by atoms with Gasteiger partial charge in [0.05, 0.1) is 5.92 Å². The number of hydrogen-bond donors (Lipinski definition) is 1. The van der Waals surface area contributed by atoms with E-state index in [-0.39, 0.29) is 24.3 Å². The van der Waals surface area contributed by atoms with Gasteiger partial charge in [-0.15, -0.1) is 0 Å². The Labute approximate surface area is 124 Å². The summed E-state index contributed by atoms with van der Waals surface area (Å²) < 4.78 is 37.9. The molecule has 1 N–H and O–H groups in total. The topological polar surface area (TPSA) is 12.0 Å². The fourth-order valence-electron chi connectivity index (χ4n) is 3.02. The Kier molecular flexibility index (Phi) is 4.97. The molecule has 0 aromatic heterocycles. The van der Waals surface area contributed by atoms with Crippen molar-refractivity contribution in [3.05, 3.63) is 35.9 Å². The van der Waals surface area contributed by atoms with Gasteiger partial charge in [0.1, 0.15) is 0 Å². The summed E-state index contributed by atoms with van der Waals surface area (Å²) in [4.78, 5) is 0. The largest absolute Gasteiger partial charge is 0.391 e. The first-order chi connectivity index (χ1) is 9.79. The zero-order valence-corrected chi connectivity index (χ0v) is 12.7. The van der Waals surface area contributed by atoms with Gasteiger partial charge in [0.25, 0.3) is 0 Å². The molecule has 1 saturated carbocycles. The maximum atomic E-state index is 12.6. The first-order valence-electron chi connectivity index (χ1n) is 7.65. The van der Waals surface area contributed by atoms with Crippen LogP contribution in [0, 0.1) is 5.92 Å². The Morgan fingerprint density at radius 1 is 1.00 bits per heavy atom. The van der Waals surface area contributed by atoms with Crippen LogP contribution in [0.4, 0.5) is 13.2 Å². The van der Waals surface area contributed by atoms with E-state index in [0.29, 0.717) is 12.8 Å². The minimum absolute atomic E-state index is 0.0118. The van der Waals surface area contributed by atoms with Gasteiger partial charge in [-0.3, -0.25) is 0 Å². The molecule has 4 heteroatoms. The number of benzene rings is 1. The summed E-state index contributed by atoms with van der Waals surface area (Å²) in [6.07, 6.45) is -2.27. The zero-order chi connectivity index (χ0) is 15.5. The highest BCUT2D eigenvalue weighted by molar-refractivity contribution is 5.23. The van der Waals surface area contributed by atoms with Crippen LogP contribution in [-0.4, -0.2) is 18.8 Å². The first kappa shape index (κ1) is 16.3. The van der Waals surface area contributed by atoms with Crippen molar-refractivity contribution >= 4 is 0 Å². The van der Waals surface area contributed by atoms with E-state index in [0.717, 1.165) is 6.54 Å². The maximum Gasteiger partial charge on any atom is 0.391 e. The number of alkyl halides is 3. The van der Waals surface area contributed by atoms with E-state index in [1.807, 2.05) is 18.2 Å². The Morgan fingerprint density at radius 2 is 1.57 bits per heavy atom. The van der Waals surface area contributed by atoms with Gasteiger partial charge in [-0.05, 0) is 31.2 Å². The Bertz CT molecular complexity index is 431. The molecule has 0 unspecified atom stereocenters. The molecule has 0 bridgehead atoms. The summed E-state index contributed by atoms with van der Waals surface area (Å²) in [7, 11) is 0. The third kappa shape index (κ3) is 4.47. The van der Waals surface area contributed by atoms with Crippen LogP contribution < -0.4 is 5.32 Å². The van der Waals surface area contributed by atoms with Crippen molar-refractivity contribution in [1.82, 2.24) is 5.32 Å². The van der Waals surface area contributed by atoms with Crippen LogP contribution in [0.25, 0.3) is 0 Å². The van der Waals surface area contributed by atoms with Crippen molar-refractivity contribution in [3.63, 3.8) is 0 Å². The van der Waals surface area contributed by atoms with E-state index < -0.39 is 12.1 Å². The normalized spacial score (nSPS) is 24.0. The molecule has 2 rings (SSSR count). The van der Waals surface area contributed by atoms with Crippen molar-refractivity contribution in [2.24, 2.45) is 5.92 Å². The van der Waals surface area contributed by atoms with Crippen molar-refractivity contribution in [2.75, 3.05) is 6.54 Å². The van der Waals surface area contributed by atoms with Gasteiger partial charge >= 0.3 is 6.18 Å². The Morgan fingerprint density at radius 3 is 2.10 bits per heavy atom. The molecular weight excluding hydrogens is 275 g/mol. The lowest BCUT2D eigenvalue weighted by Gasteiger charge is -2.33. The molecule has 0 aliphatic heterocycles. The molecule has 118 valence electrons. The Balaban J connectivity index is 1.82. The SMILES string of the molecule is CC(C)(CNC1CCC(C(F)(F)F)CC1)c1ccccc1. The van der Waals surface area contributed by atoms with Crippen LogP contribution in [0.3, 0.4) is 0 Å². The van der Waals surface area contributed by atoms with Gasteiger partial charge in [0.15, 0.2) is 0 Å². The number of halogens is 3. The molecule has 1 aromatic carbocycles. The van der Waals surface area contributed by atoms with Crippen LogP contribution in [0.1, 0.15) is 45.1 Å². The quantitative estimate of drug-likeness (QED) is 0.851. The molecule has 1 aliphatic carbocycles.